The van der Waals surface area contributed by atoms with E-state index in [0.717, 1.165) is 0 Å². The lowest BCUT2D eigenvalue weighted by molar-refractivity contribution is 0.488. The molecule has 0 fully saturated rings. The zero-order valence-corrected chi connectivity index (χ0v) is 7.42. The predicted molar refractivity (Wildman–Crippen MR) is 44.7 cm³/mol. The van der Waals surface area contributed by atoms with Crippen LogP contribution in [0.3, 0.4) is 0 Å². The van der Waals surface area contributed by atoms with Gasteiger partial charge in [0.25, 0.3) is 0 Å². The Morgan fingerprint density at radius 1 is 1.42 bits per heavy atom. The zero-order valence-electron chi connectivity index (χ0n) is 6.53. The number of halogens is 1. The van der Waals surface area contributed by atoms with Gasteiger partial charge in [-0.2, -0.15) is 0 Å². The molecule has 1 rings (SSSR count). The van der Waals surface area contributed by atoms with Gasteiger partial charge in [-0.25, -0.2) is 9.89 Å². The Kier molecular flexibility index (Phi) is 2.50. The standard InChI is InChI=1S/C7H9FNO2P/c1-12(9,10)11-7-4-2-6(8)3-5-7/h2-5H,1H3,(H2,9,10)/t12-/m0/s1. The quantitative estimate of drug-likeness (QED) is 0.723. The molecule has 0 aliphatic heterocycles. The van der Waals surface area contributed by atoms with Gasteiger partial charge >= 0.3 is 7.52 Å². The van der Waals surface area contributed by atoms with Crippen molar-refractivity contribution in [2.45, 2.75) is 0 Å². The van der Waals surface area contributed by atoms with Gasteiger partial charge in [-0.05, 0) is 24.3 Å². The molecule has 5 heteroatoms. The van der Waals surface area contributed by atoms with Gasteiger partial charge in [0.2, 0.25) is 0 Å². The maximum atomic E-state index is 12.4. The van der Waals surface area contributed by atoms with Gasteiger partial charge in [0.15, 0.2) is 0 Å². The lowest BCUT2D eigenvalue weighted by Gasteiger charge is -2.08. The normalized spacial score (nSPS) is 15.2. The third kappa shape index (κ3) is 3.03. The largest absolute Gasteiger partial charge is 0.433 e. The Morgan fingerprint density at radius 2 is 1.92 bits per heavy atom. The molecule has 0 unspecified atom stereocenters. The molecule has 0 saturated carbocycles. The van der Waals surface area contributed by atoms with Crippen molar-refractivity contribution in [3.8, 4) is 5.75 Å². The number of hydrogen-bond donors (Lipinski definition) is 1. The summed E-state index contributed by atoms with van der Waals surface area (Å²) in [6.07, 6.45) is 0. The van der Waals surface area contributed by atoms with E-state index in [4.69, 9.17) is 10.0 Å². The zero-order chi connectivity index (χ0) is 9.19. The Hall–Kier alpha value is -0.860. The van der Waals surface area contributed by atoms with Crippen LogP contribution in [0.4, 0.5) is 4.39 Å². The highest BCUT2D eigenvalue weighted by Crippen LogP contribution is 2.33. The molecule has 0 bridgehead atoms. The summed E-state index contributed by atoms with van der Waals surface area (Å²) in [6.45, 7) is 1.29. The lowest BCUT2D eigenvalue weighted by atomic mass is 10.3. The average molecular weight is 189 g/mol. The smallest absolute Gasteiger partial charge is 0.310 e. The van der Waals surface area contributed by atoms with E-state index in [2.05, 4.69) is 0 Å². The van der Waals surface area contributed by atoms with Crippen molar-refractivity contribution in [3.63, 3.8) is 0 Å². The molecule has 0 aliphatic carbocycles. The van der Waals surface area contributed by atoms with E-state index < -0.39 is 7.52 Å². The van der Waals surface area contributed by atoms with Crippen molar-refractivity contribution in [1.82, 2.24) is 0 Å². The maximum absolute atomic E-state index is 12.4. The molecule has 0 saturated heterocycles. The highest BCUT2D eigenvalue weighted by Gasteiger charge is 2.08. The molecular formula is C7H9FNO2P. The fraction of sp³-hybridized carbons (Fsp3) is 0.143. The molecule has 1 atom stereocenters. The minimum atomic E-state index is -3.03. The second-order valence-corrected chi connectivity index (χ2v) is 4.45. The summed E-state index contributed by atoms with van der Waals surface area (Å²) in [4.78, 5) is 0. The summed E-state index contributed by atoms with van der Waals surface area (Å²) in [6, 6.07) is 5.17. The first kappa shape index (κ1) is 9.23. The molecule has 0 amide bonds. The minimum Gasteiger partial charge on any atom is -0.433 e. The predicted octanol–water partition coefficient (Wildman–Crippen LogP) is 1.99. The van der Waals surface area contributed by atoms with Crippen LogP contribution in [0.25, 0.3) is 0 Å². The van der Waals surface area contributed by atoms with Gasteiger partial charge in [0, 0.05) is 6.66 Å². The highest BCUT2D eigenvalue weighted by atomic mass is 31.2. The van der Waals surface area contributed by atoms with Crippen molar-refractivity contribution in [3.05, 3.63) is 30.1 Å². The van der Waals surface area contributed by atoms with Crippen LogP contribution in [0.1, 0.15) is 0 Å². The van der Waals surface area contributed by atoms with Crippen LogP contribution in [0.15, 0.2) is 24.3 Å². The highest BCUT2D eigenvalue weighted by molar-refractivity contribution is 7.56. The third-order valence-corrected chi connectivity index (χ3v) is 1.67. The van der Waals surface area contributed by atoms with E-state index in [1.54, 1.807) is 0 Å². The number of benzene rings is 1. The van der Waals surface area contributed by atoms with Gasteiger partial charge in [-0.3, -0.25) is 4.57 Å². The van der Waals surface area contributed by atoms with Crippen molar-refractivity contribution in [2.75, 3.05) is 6.66 Å². The number of hydrogen-bond acceptors (Lipinski definition) is 2. The van der Waals surface area contributed by atoms with Crippen molar-refractivity contribution in [2.24, 2.45) is 5.50 Å². The second kappa shape index (κ2) is 3.25. The van der Waals surface area contributed by atoms with Crippen LogP contribution in [0.2, 0.25) is 0 Å². The van der Waals surface area contributed by atoms with Gasteiger partial charge in [0.05, 0.1) is 0 Å². The molecule has 0 radical (unpaired) electrons. The monoisotopic (exact) mass is 189 g/mol. The summed E-state index contributed by atoms with van der Waals surface area (Å²) in [5.74, 6) is -0.0601. The van der Waals surface area contributed by atoms with Gasteiger partial charge < -0.3 is 4.52 Å². The number of nitrogens with two attached hydrogens (primary N) is 1. The summed E-state index contributed by atoms with van der Waals surface area (Å²) in [5.41, 5.74) is 5.15. The molecule has 0 spiro atoms. The third-order valence-electron chi connectivity index (χ3n) is 1.10. The van der Waals surface area contributed by atoms with E-state index in [9.17, 15) is 8.96 Å². The van der Waals surface area contributed by atoms with Crippen LogP contribution >= 0.6 is 7.52 Å². The van der Waals surface area contributed by atoms with Crippen LogP contribution in [-0.4, -0.2) is 6.66 Å². The summed E-state index contributed by atoms with van der Waals surface area (Å²) >= 11 is 0. The molecule has 12 heavy (non-hydrogen) atoms. The van der Waals surface area contributed by atoms with Gasteiger partial charge in [-0.15, -0.1) is 0 Å². The first-order chi connectivity index (χ1) is 5.47. The molecule has 2 N–H and O–H groups in total. The molecule has 0 aliphatic rings. The van der Waals surface area contributed by atoms with Crippen molar-refractivity contribution >= 4 is 7.52 Å². The minimum absolute atomic E-state index is 0.310. The topological polar surface area (TPSA) is 52.3 Å². The van der Waals surface area contributed by atoms with Crippen molar-refractivity contribution < 1.29 is 13.5 Å². The van der Waals surface area contributed by atoms with Crippen molar-refractivity contribution in [1.29, 1.82) is 0 Å². The molecular weight excluding hydrogens is 180 g/mol. The lowest BCUT2D eigenvalue weighted by Crippen LogP contribution is -1.99. The molecule has 3 nitrogen and oxygen atoms in total. The Balaban J connectivity index is 2.78. The fourth-order valence-corrected chi connectivity index (χ4v) is 1.25. The van der Waals surface area contributed by atoms with Crippen LogP contribution in [0.5, 0.6) is 5.75 Å². The van der Waals surface area contributed by atoms with Crippen LogP contribution < -0.4 is 10.0 Å². The van der Waals surface area contributed by atoms with Crippen LogP contribution in [0, 0.1) is 5.82 Å². The van der Waals surface area contributed by atoms with E-state index in [1.165, 1.54) is 30.9 Å². The first-order valence-electron chi connectivity index (χ1n) is 3.29. The second-order valence-electron chi connectivity index (χ2n) is 2.45. The van der Waals surface area contributed by atoms with E-state index in [-0.39, 0.29) is 5.82 Å². The summed E-state index contributed by atoms with van der Waals surface area (Å²) in [5, 5.41) is 0. The molecule has 1 aromatic carbocycles. The molecule has 1 aromatic rings. The molecule has 66 valence electrons. The summed E-state index contributed by atoms with van der Waals surface area (Å²) < 4.78 is 28.1. The maximum Gasteiger partial charge on any atom is 0.310 e. The molecule has 0 aromatic heterocycles. The van der Waals surface area contributed by atoms with Gasteiger partial charge in [-0.1, -0.05) is 0 Å². The Morgan fingerprint density at radius 3 is 2.33 bits per heavy atom. The van der Waals surface area contributed by atoms with E-state index >= 15 is 0 Å². The Bertz CT molecular complexity index is 306. The molecule has 0 heterocycles. The number of rotatable bonds is 2. The van der Waals surface area contributed by atoms with E-state index in [1.807, 2.05) is 0 Å². The Labute approximate surface area is 69.8 Å². The van der Waals surface area contributed by atoms with Crippen LogP contribution in [-0.2, 0) is 4.57 Å². The van der Waals surface area contributed by atoms with E-state index in [0.29, 0.717) is 5.75 Å². The fourth-order valence-electron chi connectivity index (χ4n) is 0.705. The van der Waals surface area contributed by atoms with Gasteiger partial charge in [0.1, 0.15) is 11.6 Å². The first-order valence-corrected chi connectivity index (χ1v) is 5.43. The summed E-state index contributed by atoms with van der Waals surface area (Å²) in [7, 11) is -3.03. The SMILES string of the molecule is C[P@](N)(=O)Oc1ccc(F)cc1. The average Bonchev–Trinajstić information content (AvgIpc) is 1.91.